The van der Waals surface area contributed by atoms with Crippen molar-refractivity contribution < 1.29 is 17.9 Å². The number of rotatable bonds is 13. The summed E-state index contributed by atoms with van der Waals surface area (Å²) in [5.74, 6) is 0.708. The molecule has 0 fully saturated rings. The molecule has 4 rings (SSSR count). The number of hydrogen-bond donors (Lipinski definition) is 2. The van der Waals surface area contributed by atoms with Crippen LogP contribution in [0.4, 0.5) is 17.3 Å². The molecular formula is C29H33ClN6O4S. The molecular weight excluding hydrogens is 564 g/mol. The van der Waals surface area contributed by atoms with Crippen LogP contribution in [0.15, 0.2) is 71.6 Å². The molecule has 3 aromatic carbocycles. The summed E-state index contributed by atoms with van der Waals surface area (Å²) in [6.45, 7) is 1.86. The molecule has 0 atom stereocenters. The lowest BCUT2D eigenvalue weighted by Crippen LogP contribution is -2.33. The summed E-state index contributed by atoms with van der Waals surface area (Å²) in [4.78, 5) is 25.8. The molecule has 1 aromatic heterocycles. The van der Waals surface area contributed by atoms with Gasteiger partial charge in [0.15, 0.2) is 17.4 Å². The van der Waals surface area contributed by atoms with Crippen molar-refractivity contribution in [2.75, 3.05) is 57.9 Å². The Kier molecular flexibility index (Phi) is 9.77. The third kappa shape index (κ3) is 8.14. The number of ether oxygens (including phenoxy) is 1. The molecule has 0 unspecified atom stereocenters. The molecule has 0 spiro atoms. The Labute approximate surface area is 245 Å². The molecule has 0 aliphatic carbocycles. The Bertz CT molecular complexity index is 1650. The number of likely N-dealkylation sites (N-methyl/N-ethyl adjacent to an activating group) is 2. The van der Waals surface area contributed by atoms with Gasteiger partial charge in [-0.15, -0.1) is 0 Å². The zero-order valence-electron chi connectivity index (χ0n) is 23.4. The van der Waals surface area contributed by atoms with Gasteiger partial charge in [-0.25, -0.2) is 18.4 Å². The Morgan fingerprint density at radius 3 is 2.32 bits per heavy atom. The van der Waals surface area contributed by atoms with Gasteiger partial charge in [0.05, 0.1) is 40.3 Å². The first kappa shape index (κ1) is 30.2. The minimum Gasteiger partial charge on any atom is -0.497 e. The van der Waals surface area contributed by atoms with Gasteiger partial charge in [-0.3, -0.25) is 14.4 Å². The smallest absolute Gasteiger partial charge is 0.263 e. The summed E-state index contributed by atoms with van der Waals surface area (Å²) in [5.41, 5.74) is 2.13. The quantitative estimate of drug-likeness (QED) is 0.231. The average molecular weight is 597 g/mol. The number of sulfonamides is 1. The summed E-state index contributed by atoms with van der Waals surface area (Å²) >= 11 is 6.39. The average Bonchev–Trinajstić information content (AvgIpc) is 2.93. The number of Topliss-reactive ketones (excluding diaryl/α,β-unsaturated/α-hetero) is 1. The highest BCUT2D eigenvalue weighted by Crippen LogP contribution is 2.32. The van der Waals surface area contributed by atoms with Crippen LogP contribution < -0.4 is 14.8 Å². The number of ketones is 1. The van der Waals surface area contributed by atoms with Crippen LogP contribution in [0.5, 0.6) is 5.75 Å². The van der Waals surface area contributed by atoms with Crippen molar-refractivity contribution in [3.8, 4) is 5.75 Å². The highest BCUT2D eigenvalue weighted by atomic mass is 35.5. The fourth-order valence-electron chi connectivity index (χ4n) is 4.06. The molecule has 1 heterocycles. The van der Waals surface area contributed by atoms with E-state index in [2.05, 4.69) is 24.9 Å². The SMILES string of the molecule is COc1ccc(Cl)c(Nc2nc3ccccc3nc2NS(=O)(=O)c2cccc(CC(=O)CN(C)CCN(C)C)c2)c1. The number of nitrogens with zero attached hydrogens (tertiary/aromatic N) is 4. The second-order valence-corrected chi connectivity index (χ2v) is 12.0. The Hall–Kier alpha value is -3.77. The number of aromatic nitrogens is 2. The Morgan fingerprint density at radius 2 is 1.63 bits per heavy atom. The van der Waals surface area contributed by atoms with E-state index in [1.165, 1.54) is 19.2 Å². The summed E-state index contributed by atoms with van der Waals surface area (Å²) < 4.78 is 34.9. The first-order valence-corrected chi connectivity index (χ1v) is 14.7. The van der Waals surface area contributed by atoms with Gasteiger partial charge in [-0.2, -0.15) is 0 Å². The molecule has 0 aliphatic heterocycles. The van der Waals surface area contributed by atoms with Crippen LogP contribution in [0.2, 0.25) is 5.02 Å². The third-order valence-corrected chi connectivity index (χ3v) is 7.88. The molecule has 12 heteroatoms. The van der Waals surface area contributed by atoms with Crippen LogP contribution in [-0.4, -0.2) is 81.9 Å². The molecule has 0 aliphatic rings. The molecule has 0 radical (unpaired) electrons. The molecule has 41 heavy (non-hydrogen) atoms. The van der Waals surface area contributed by atoms with Crippen molar-refractivity contribution in [1.82, 2.24) is 19.8 Å². The second-order valence-electron chi connectivity index (χ2n) is 9.89. The van der Waals surface area contributed by atoms with E-state index in [4.69, 9.17) is 16.3 Å². The summed E-state index contributed by atoms with van der Waals surface area (Å²) in [5, 5.41) is 3.48. The van der Waals surface area contributed by atoms with E-state index in [0.29, 0.717) is 33.1 Å². The van der Waals surface area contributed by atoms with Gasteiger partial charge in [0.2, 0.25) is 0 Å². The number of fused-ring (bicyclic) bond motifs is 1. The summed E-state index contributed by atoms with van der Waals surface area (Å²) in [6, 6.07) is 18.5. The van der Waals surface area contributed by atoms with E-state index in [1.807, 2.05) is 32.1 Å². The number of carbonyl (C=O) groups excluding carboxylic acids is 1. The maximum Gasteiger partial charge on any atom is 0.263 e. The Morgan fingerprint density at radius 1 is 0.927 bits per heavy atom. The van der Waals surface area contributed by atoms with Gasteiger partial charge in [-0.05, 0) is 63.1 Å². The lowest BCUT2D eigenvalue weighted by Gasteiger charge is -2.18. The zero-order chi connectivity index (χ0) is 29.6. The van der Waals surface area contributed by atoms with Crippen LogP contribution in [0.25, 0.3) is 11.0 Å². The molecule has 0 amide bonds. The zero-order valence-corrected chi connectivity index (χ0v) is 25.0. The maximum atomic E-state index is 13.5. The fourth-order valence-corrected chi connectivity index (χ4v) is 5.30. The van der Waals surface area contributed by atoms with Crippen molar-refractivity contribution in [3.63, 3.8) is 0 Å². The number of hydrogen-bond acceptors (Lipinski definition) is 9. The minimum absolute atomic E-state index is 0.00378. The fraction of sp³-hybridized carbons (Fsp3) is 0.276. The number of carbonyl (C=O) groups is 1. The first-order chi connectivity index (χ1) is 19.5. The van der Waals surface area contributed by atoms with Gasteiger partial charge in [0.1, 0.15) is 5.75 Å². The normalized spacial score (nSPS) is 11.7. The molecule has 0 saturated heterocycles. The molecule has 0 bridgehead atoms. The van der Waals surface area contributed by atoms with Crippen LogP contribution in [0, 0.1) is 0 Å². The summed E-state index contributed by atoms with van der Waals surface area (Å²) in [6.07, 6.45) is 0.118. The standard InChI is InChI=1S/C29H33ClN6O4S/c1-35(2)14-15-36(3)19-21(37)16-20-8-7-9-23(17-20)41(38,39)34-29-28(31-25-10-5-6-11-26(25)32-29)33-27-18-22(40-4)12-13-24(27)30/h5-13,17-18H,14-16,19H2,1-4H3,(H,31,33)(H,32,34). The van der Waals surface area contributed by atoms with Crippen LogP contribution in [0.3, 0.4) is 0 Å². The van der Waals surface area contributed by atoms with Crippen molar-refractivity contribution in [1.29, 1.82) is 0 Å². The molecule has 2 N–H and O–H groups in total. The lowest BCUT2D eigenvalue weighted by atomic mass is 10.1. The number of para-hydroxylation sites is 2. The molecule has 216 valence electrons. The summed E-state index contributed by atoms with van der Waals surface area (Å²) in [7, 11) is 3.29. The van der Waals surface area contributed by atoms with Gasteiger partial charge in [0, 0.05) is 25.6 Å². The van der Waals surface area contributed by atoms with E-state index in [-0.39, 0.29) is 35.3 Å². The predicted molar refractivity (Wildman–Crippen MR) is 163 cm³/mol. The molecule has 0 saturated carbocycles. The Balaban J connectivity index is 1.59. The van der Waals surface area contributed by atoms with Crippen molar-refractivity contribution >= 4 is 55.8 Å². The van der Waals surface area contributed by atoms with Crippen molar-refractivity contribution in [2.24, 2.45) is 0 Å². The third-order valence-electron chi connectivity index (χ3n) is 6.21. The number of methoxy groups -OCH3 is 1. The topological polar surface area (TPSA) is 117 Å². The predicted octanol–water partition coefficient (Wildman–Crippen LogP) is 4.44. The molecule has 10 nitrogen and oxygen atoms in total. The lowest BCUT2D eigenvalue weighted by molar-refractivity contribution is -0.119. The van der Waals surface area contributed by atoms with E-state index in [0.717, 1.165) is 13.1 Å². The highest BCUT2D eigenvalue weighted by Gasteiger charge is 2.21. The van der Waals surface area contributed by atoms with E-state index < -0.39 is 10.0 Å². The van der Waals surface area contributed by atoms with Gasteiger partial charge >= 0.3 is 0 Å². The minimum atomic E-state index is -4.10. The first-order valence-electron chi connectivity index (χ1n) is 12.9. The van der Waals surface area contributed by atoms with Crippen LogP contribution in [0.1, 0.15) is 5.56 Å². The van der Waals surface area contributed by atoms with Crippen LogP contribution in [-0.2, 0) is 21.2 Å². The highest BCUT2D eigenvalue weighted by molar-refractivity contribution is 7.92. The number of benzene rings is 3. The van der Waals surface area contributed by atoms with Crippen molar-refractivity contribution in [3.05, 3.63) is 77.3 Å². The van der Waals surface area contributed by atoms with E-state index >= 15 is 0 Å². The number of anilines is 3. The number of halogens is 1. The van der Waals surface area contributed by atoms with Crippen molar-refractivity contribution in [2.45, 2.75) is 11.3 Å². The monoisotopic (exact) mass is 596 g/mol. The van der Waals surface area contributed by atoms with E-state index in [1.54, 1.807) is 48.5 Å². The van der Waals surface area contributed by atoms with Gasteiger partial charge in [0.25, 0.3) is 10.0 Å². The van der Waals surface area contributed by atoms with Gasteiger partial charge in [-0.1, -0.05) is 35.9 Å². The van der Waals surface area contributed by atoms with E-state index in [9.17, 15) is 13.2 Å². The number of nitrogens with one attached hydrogen (secondary N) is 2. The van der Waals surface area contributed by atoms with Gasteiger partial charge < -0.3 is 15.0 Å². The largest absolute Gasteiger partial charge is 0.497 e. The maximum absolute atomic E-state index is 13.5. The molecule has 4 aromatic rings. The second kappa shape index (κ2) is 13.3. The van der Waals surface area contributed by atoms with Crippen LogP contribution >= 0.6 is 11.6 Å².